The maximum atomic E-state index is 9.79. The molecule has 0 spiro atoms. The van der Waals surface area contributed by atoms with Crippen molar-refractivity contribution < 1.29 is 14.6 Å². The number of hydrogen-bond acceptors (Lipinski definition) is 4. The van der Waals surface area contributed by atoms with Gasteiger partial charge < -0.3 is 14.6 Å². The quantitative estimate of drug-likeness (QED) is 0.805. The molecule has 4 nitrogen and oxygen atoms in total. The summed E-state index contributed by atoms with van der Waals surface area (Å²) in [6.45, 7) is 8.15. The van der Waals surface area contributed by atoms with E-state index in [0.717, 1.165) is 12.8 Å². The molecule has 1 aliphatic rings. The minimum atomic E-state index is -0.389. The molecule has 4 heteroatoms. The lowest BCUT2D eigenvalue weighted by molar-refractivity contribution is -0.241. The molecular weight excluding hydrogens is 242 g/mol. The number of hydrogen-bond donors (Lipinski definition) is 1. The van der Waals surface area contributed by atoms with Gasteiger partial charge in [-0.15, -0.1) is 0 Å². The van der Waals surface area contributed by atoms with Crippen LogP contribution in [0.5, 0.6) is 0 Å². The van der Waals surface area contributed by atoms with E-state index in [1.165, 1.54) is 0 Å². The maximum absolute atomic E-state index is 9.79. The Kier molecular flexibility index (Phi) is 6.78. The van der Waals surface area contributed by atoms with Gasteiger partial charge in [0.2, 0.25) is 0 Å². The molecule has 1 N–H and O–H groups in total. The Hall–Kier alpha value is -0.630. The minimum absolute atomic E-state index is 0.00787. The second-order valence-corrected chi connectivity index (χ2v) is 5.63. The highest BCUT2D eigenvalue weighted by atomic mass is 16.7. The molecule has 0 aromatic rings. The number of rotatable bonds is 6. The van der Waals surface area contributed by atoms with Gasteiger partial charge in [0, 0.05) is 6.42 Å². The molecule has 1 saturated heterocycles. The highest BCUT2D eigenvalue weighted by Crippen LogP contribution is 2.28. The van der Waals surface area contributed by atoms with Crippen molar-refractivity contribution in [3.05, 3.63) is 0 Å². The molecule has 1 rings (SSSR count). The van der Waals surface area contributed by atoms with Crippen molar-refractivity contribution in [2.45, 2.75) is 78.0 Å². The maximum Gasteiger partial charge on any atom is 0.160 e. The fourth-order valence-corrected chi connectivity index (χ4v) is 2.59. The van der Waals surface area contributed by atoms with Crippen LogP contribution in [0, 0.1) is 23.2 Å². The molecule has 6 unspecified atom stereocenters. The number of ether oxygens (including phenoxy) is 2. The summed E-state index contributed by atoms with van der Waals surface area (Å²) < 4.78 is 11.8. The molecule has 0 amide bonds. The number of aliphatic hydroxyl groups is 1. The van der Waals surface area contributed by atoms with Crippen LogP contribution in [0.4, 0.5) is 0 Å². The summed E-state index contributed by atoms with van der Waals surface area (Å²) in [5.74, 6) is 0.190. The Morgan fingerprint density at radius 3 is 2.53 bits per heavy atom. The Balaban J connectivity index is 2.69. The summed E-state index contributed by atoms with van der Waals surface area (Å²) in [5, 5.41) is 19.0. The van der Waals surface area contributed by atoms with Crippen molar-refractivity contribution in [3.8, 4) is 6.07 Å². The third kappa shape index (κ3) is 4.76. The second-order valence-electron chi connectivity index (χ2n) is 5.63. The molecule has 0 aromatic heterocycles. The van der Waals surface area contributed by atoms with E-state index in [-0.39, 0.29) is 30.5 Å². The van der Waals surface area contributed by atoms with Gasteiger partial charge in [0.05, 0.1) is 30.3 Å². The normalized spacial score (nSPS) is 32.3. The molecule has 1 fully saturated rings. The first-order chi connectivity index (χ1) is 9.01. The van der Waals surface area contributed by atoms with Gasteiger partial charge in [0.15, 0.2) is 6.29 Å². The summed E-state index contributed by atoms with van der Waals surface area (Å²) in [6, 6.07) is 2.34. The molecule has 0 radical (unpaired) electrons. The van der Waals surface area contributed by atoms with Crippen molar-refractivity contribution in [1.82, 2.24) is 0 Å². The first kappa shape index (κ1) is 16.4. The van der Waals surface area contributed by atoms with Crippen LogP contribution in [0.3, 0.4) is 0 Å². The predicted molar refractivity (Wildman–Crippen MR) is 73.3 cm³/mol. The molecular formula is C15H27NO3. The summed E-state index contributed by atoms with van der Waals surface area (Å²) >= 11 is 0. The topological polar surface area (TPSA) is 62.5 Å². The smallest absolute Gasteiger partial charge is 0.160 e. The Morgan fingerprint density at radius 1 is 1.37 bits per heavy atom. The van der Waals surface area contributed by atoms with E-state index in [1.807, 2.05) is 13.8 Å². The van der Waals surface area contributed by atoms with E-state index in [0.29, 0.717) is 18.8 Å². The van der Waals surface area contributed by atoms with Gasteiger partial charge in [-0.05, 0) is 25.7 Å². The zero-order valence-electron chi connectivity index (χ0n) is 12.5. The lowest BCUT2D eigenvalue weighted by Crippen LogP contribution is -2.41. The summed E-state index contributed by atoms with van der Waals surface area (Å²) in [5.41, 5.74) is 0. The highest BCUT2D eigenvalue weighted by molar-refractivity contribution is 4.90. The van der Waals surface area contributed by atoms with Crippen LogP contribution in [-0.4, -0.2) is 29.7 Å². The Morgan fingerprint density at radius 2 is 2.05 bits per heavy atom. The third-order valence-corrected chi connectivity index (χ3v) is 3.97. The van der Waals surface area contributed by atoms with Gasteiger partial charge in [-0.2, -0.15) is 5.26 Å². The van der Waals surface area contributed by atoms with Crippen LogP contribution in [0.25, 0.3) is 0 Å². The van der Waals surface area contributed by atoms with E-state index in [1.54, 1.807) is 0 Å². The monoisotopic (exact) mass is 269 g/mol. The molecule has 1 aliphatic heterocycles. The number of nitrogens with zero attached hydrogens (tertiary/aromatic N) is 1. The second kappa shape index (κ2) is 7.84. The molecule has 0 aromatic carbocycles. The average Bonchev–Trinajstić information content (AvgIpc) is 2.37. The summed E-state index contributed by atoms with van der Waals surface area (Å²) in [4.78, 5) is 0. The van der Waals surface area contributed by atoms with Crippen molar-refractivity contribution >= 4 is 0 Å². The van der Waals surface area contributed by atoms with Gasteiger partial charge in [-0.3, -0.25) is 0 Å². The van der Waals surface area contributed by atoms with E-state index >= 15 is 0 Å². The van der Waals surface area contributed by atoms with Gasteiger partial charge in [0.1, 0.15) is 0 Å². The van der Waals surface area contributed by atoms with Crippen LogP contribution in [0.1, 0.15) is 53.4 Å². The Bertz CT molecular complexity index is 292. The van der Waals surface area contributed by atoms with E-state index in [4.69, 9.17) is 9.47 Å². The summed E-state index contributed by atoms with van der Waals surface area (Å²) in [6.07, 6.45) is 2.02. The summed E-state index contributed by atoms with van der Waals surface area (Å²) in [7, 11) is 0. The largest absolute Gasteiger partial charge is 0.393 e. The van der Waals surface area contributed by atoms with Gasteiger partial charge >= 0.3 is 0 Å². The fraction of sp³-hybridized carbons (Fsp3) is 0.933. The lowest BCUT2D eigenvalue weighted by Gasteiger charge is -2.36. The molecule has 1 heterocycles. The zero-order chi connectivity index (χ0) is 14.4. The molecule has 110 valence electrons. The van der Waals surface area contributed by atoms with Crippen LogP contribution >= 0.6 is 0 Å². The lowest BCUT2D eigenvalue weighted by atomic mass is 9.89. The molecule has 0 saturated carbocycles. The molecule has 6 atom stereocenters. The fourth-order valence-electron chi connectivity index (χ4n) is 2.59. The van der Waals surface area contributed by atoms with E-state index < -0.39 is 0 Å². The SMILES string of the molecule is CCC(C)C(OC1CC(O)CC(C)O1)C(C#N)CC. The van der Waals surface area contributed by atoms with E-state index in [2.05, 4.69) is 19.9 Å². The van der Waals surface area contributed by atoms with Crippen LogP contribution in [0.15, 0.2) is 0 Å². The molecule has 0 aliphatic carbocycles. The molecule has 19 heavy (non-hydrogen) atoms. The van der Waals surface area contributed by atoms with Crippen LogP contribution < -0.4 is 0 Å². The molecule has 0 bridgehead atoms. The predicted octanol–water partition coefficient (Wildman–Crippen LogP) is 2.85. The zero-order valence-corrected chi connectivity index (χ0v) is 12.5. The van der Waals surface area contributed by atoms with Crippen molar-refractivity contribution in [2.75, 3.05) is 0 Å². The number of nitriles is 1. The van der Waals surface area contributed by atoms with Gasteiger partial charge in [0.25, 0.3) is 0 Å². The number of aliphatic hydroxyl groups excluding tert-OH is 1. The minimum Gasteiger partial charge on any atom is -0.393 e. The Labute approximate surface area is 116 Å². The third-order valence-electron chi connectivity index (χ3n) is 3.97. The highest BCUT2D eigenvalue weighted by Gasteiger charge is 2.33. The van der Waals surface area contributed by atoms with Crippen LogP contribution in [0.2, 0.25) is 0 Å². The van der Waals surface area contributed by atoms with Gasteiger partial charge in [-0.25, -0.2) is 0 Å². The standard InChI is InChI=1S/C15H27NO3/c1-5-10(3)15(12(6-2)9-16)19-14-8-13(17)7-11(4)18-14/h10-15,17H,5-8H2,1-4H3. The first-order valence-electron chi connectivity index (χ1n) is 7.40. The van der Waals surface area contributed by atoms with Crippen LogP contribution in [-0.2, 0) is 9.47 Å². The van der Waals surface area contributed by atoms with Crippen molar-refractivity contribution in [3.63, 3.8) is 0 Å². The van der Waals surface area contributed by atoms with E-state index in [9.17, 15) is 10.4 Å². The first-order valence-corrected chi connectivity index (χ1v) is 7.40. The average molecular weight is 269 g/mol. The van der Waals surface area contributed by atoms with Gasteiger partial charge in [-0.1, -0.05) is 27.2 Å². The van der Waals surface area contributed by atoms with Crippen molar-refractivity contribution in [2.24, 2.45) is 11.8 Å². The van der Waals surface area contributed by atoms with Crippen molar-refractivity contribution in [1.29, 1.82) is 5.26 Å².